The Bertz CT molecular complexity index is 2050. The van der Waals surface area contributed by atoms with Crippen molar-refractivity contribution in [1.29, 1.82) is 0 Å². The van der Waals surface area contributed by atoms with Crippen molar-refractivity contribution in [1.82, 2.24) is 0 Å². The van der Waals surface area contributed by atoms with E-state index in [4.69, 9.17) is 37.0 Å². The molecular formula is C90H176O17P2. The van der Waals surface area contributed by atoms with Gasteiger partial charge in [0.2, 0.25) is 0 Å². The molecule has 0 radical (unpaired) electrons. The van der Waals surface area contributed by atoms with E-state index in [1.165, 1.54) is 327 Å². The summed E-state index contributed by atoms with van der Waals surface area (Å²) in [7, 11) is -9.93. The van der Waals surface area contributed by atoms with Crippen LogP contribution in [-0.4, -0.2) is 96.7 Å². The number of carbonyl (C=O) groups excluding carboxylic acids is 4. The van der Waals surface area contributed by atoms with Gasteiger partial charge in [-0.15, -0.1) is 0 Å². The van der Waals surface area contributed by atoms with E-state index < -0.39 is 97.5 Å². The normalized spacial score (nSPS) is 13.6. The minimum Gasteiger partial charge on any atom is -0.462 e. The van der Waals surface area contributed by atoms with E-state index in [1.54, 1.807) is 0 Å². The van der Waals surface area contributed by atoms with Crippen molar-refractivity contribution >= 4 is 39.5 Å². The Morgan fingerprint density at radius 3 is 0.541 bits per heavy atom. The van der Waals surface area contributed by atoms with Gasteiger partial charge < -0.3 is 33.8 Å². The first-order chi connectivity index (χ1) is 53.2. The van der Waals surface area contributed by atoms with Gasteiger partial charge in [-0.25, -0.2) is 9.13 Å². The summed E-state index contributed by atoms with van der Waals surface area (Å²) in [5.41, 5.74) is 0. The van der Waals surface area contributed by atoms with Crippen molar-refractivity contribution in [3.8, 4) is 0 Å². The van der Waals surface area contributed by atoms with Crippen LogP contribution in [-0.2, 0) is 65.4 Å². The molecule has 0 aliphatic rings. The molecule has 0 rings (SSSR count). The van der Waals surface area contributed by atoms with E-state index >= 15 is 0 Å². The zero-order valence-corrected chi connectivity index (χ0v) is 73.3. The molecule has 0 aromatic rings. The predicted octanol–water partition coefficient (Wildman–Crippen LogP) is 28.1. The van der Waals surface area contributed by atoms with Crippen molar-refractivity contribution in [2.45, 2.75) is 515 Å². The lowest BCUT2D eigenvalue weighted by atomic mass is 10.0. The van der Waals surface area contributed by atoms with Crippen LogP contribution in [0, 0.1) is 0 Å². The van der Waals surface area contributed by atoms with Crippen LogP contribution in [0.2, 0.25) is 0 Å². The highest BCUT2D eigenvalue weighted by Gasteiger charge is 2.30. The van der Waals surface area contributed by atoms with Gasteiger partial charge in [0.15, 0.2) is 12.2 Å². The largest absolute Gasteiger partial charge is 0.472 e. The van der Waals surface area contributed by atoms with Crippen LogP contribution in [0.5, 0.6) is 0 Å². The number of aliphatic hydroxyl groups excluding tert-OH is 1. The second kappa shape index (κ2) is 84.0. The van der Waals surface area contributed by atoms with Crippen LogP contribution in [0.3, 0.4) is 0 Å². The quantitative estimate of drug-likeness (QED) is 0.0222. The van der Waals surface area contributed by atoms with Crippen LogP contribution in [0.25, 0.3) is 0 Å². The molecule has 0 heterocycles. The van der Waals surface area contributed by atoms with Crippen molar-refractivity contribution in [2.24, 2.45) is 0 Å². The third-order valence-corrected chi connectivity index (χ3v) is 23.3. The molecule has 0 aromatic heterocycles. The third-order valence-electron chi connectivity index (χ3n) is 21.4. The molecule has 0 amide bonds. The van der Waals surface area contributed by atoms with Crippen LogP contribution in [0.15, 0.2) is 0 Å². The zero-order chi connectivity index (χ0) is 79.6. The predicted molar refractivity (Wildman–Crippen MR) is 451 cm³/mol. The number of hydrogen-bond donors (Lipinski definition) is 3. The molecule has 17 nitrogen and oxygen atoms in total. The molecule has 19 heteroatoms. The summed E-state index contributed by atoms with van der Waals surface area (Å²) in [5.74, 6) is -2.09. The Labute approximate surface area is 670 Å². The second-order valence-electron chi connectivity index (χ2n) is 32.3. The summed E-state index contributed by atoms with van der Waals surface area (Å²) in [6.07, 6.45) is 80.6. The van der Waals surface area contributed by atoms with E-state index in [9.17, 15) is 43.2 Å². The lowest BCUT2D eigenvalue weighted by Gasteiger charge is -2.21. The molecule has 5 atom stereocenters. The van der Waals surface area contributed by atoms with Crippen molar-refractivity contribution in [3.63, 3.8) is 0 Å². The van der Waals surface area contributed by atoms with Gasteiger partial charge in [0.25, 0.3) is 0 Å². The number of esters is 4. The summed E-state index contributed by atoms with van der Waals surface area (Å²) in [5, 5.41) is 10.7. The molecule has 0 saturated carbocycles. The van der Waals surface area contributed by atoms with E-state index in [0.29, 0.717) is 25.7 Å². The molecule has 648 valence electrons. The summed E-state index contributed by atoms with van der Waals surface area (Å²) in [4.78, 5) is 73.4. The van der Waals surface area contributed by atoms with Gasteiger partial charge in [0.05, 0.1) is 26.4 Å². The number of unbranched alkanes of at least 4 members (excludes halogenated alkanes) is 65. The highest BCUT2D eigenvalue weighted by molar-refractivity contribution is 7.47. The summed E-state index contributed by atoms with van der Waals surface area (Å²) >= 11 is 0. The molecule has 0 fully saturated rings. The monoisotopic (exact) mass is 1590 g/mol. The second-order valence-corrected chi connectivity index (χ2v) is 35.3. The lowest BCUT2D eigenvalue weighted by molar-refractivity contribution is -0.161. The number of carbonyl (C=O) groups is 4. The van der Waals surface area contributed by atoms with Crippen molar-refractivity contribution in [3.05, 3.63) is 0 Å². The average Bonchev–Trinajstić information content (AvgIpc) is 1.11. The fourth-order valence-electron chi connectivity index (χ4n) is 14.2. The van der Waals surface area contributed by atoms with Gasteiger partial charge in [-0.1, -0.05) is 445 Å². The molecule has 0 aliphatic heterocycles. The smallest absolute Gasteiger partial charge is 0.462 e. The molecule has 0 aromatic carbocycles. The van der Waals surface area contributed by atoms with Crippen LogP contribution in [0.4, 0.5) is 0 Å². The van der Waals surface area contributed by atoms with E-state index in [-0.39, 0.29) is 25.7 Å². The maximum atomic E-state index is 13.2. The molecule has 0 bridgehead atoms. The first-order valence-electron chi connectivity index (χ1n) is 46.8. The maximum absolute atomic E-state index is 13.2. The van der Waals surface area contributed by atoms with Crippen LogP contribution >= 0.6 is 15.6 Å². The zero-order valence-electron chi connectivity index (χ0n) is 71.5. The van der Waals surface area contributed by atoms with Gasteiger partial charge in [-0.2, -0.15) is 0 Å². The van der Waals surface area contributed by atoms with Crippen LogP contribution in [0.1, 0.15) is 496 Å². The highest BCUT2D eigenvalue weighted by Crippen LogP contribution is 2.45. The fraction of sp³-hybridized carbons (Fsp3) is 0.956. The van der Waals surface area contributed by atoms with Crippen molar-refractivity contribution in [2.75, 3.05) is 39.6 Å². The minimum atomic E-state index is -4.97. The number of phosphoric acid groups is 2. The molecule has 109 heavy (non-hydrogen) atoms. The first kappa shape index (κ1) is 107. The molecule has 2 unspecified atom stereocenters. The molecular weight excluding hydrogens is 1410 g/mol. The number of aliphatic hydroxyl groups is 1. The third kappa shape index (κ3) is 83.8. The van der Waals surface area contributed by atoms with Crippen LogP contribution < -0.4 is 0 Å². The number of hydrogen-bond acceptors (Lipinski definition) is 15. The van der Waals surface area contributed by atoms with E-state index in [0.717, 1.165) is 89.9 Å². The van der Waals surface area contributed by atoms with Crippen molar-refractivity contribution < 1.29 is 80.2 Å². The SMILES string of the molecule is CCCCCCCCCCCCCCCCCCCCCCCC(=O)O[C@H](COC(=O)CCCCCCCCCCCCCCCCCCCCCC)COP(=O)(O)OC[C@@H](O)COP(=O)(O)OC[C@@H](COC(=O)CCCCCCCCCCCCCCC)OC(=O)CCCCCCCCCCCCCCCCC. The topological polar surface area (TPSA) is 237 Å². The number of ether oxygens (including phenoxy) is 4. The van der Waals surface area contributed by atoms with E-state index in [1.807, 2.05) is 0 Å². The Morgan fingerprint density at radius 1 is 0.220 bits per heavy atom. The van der Waals surface area contributed by atoms with Gasteiger partial charge in [0, 0.05) is 25.7 Å². The maximum Gasteiger partial charge on any atom is 0.472 e. The molecule has 0 saturated heterocycles. The number of phosphoric ester groups is 2. The van der Waals surface area contributed by atoms with Gasteiger partial charge in [-0.3, -0.25) is 37.3 Å². The average molecular weight is 1590 g/mol. The van der Waals surface area contributed by atoms with E-state index in [2.05, 4.69) is 27.7 Å². The summed E-state index contributed by atoms with van der Waals surface area (Å²) in [6.45, 7) is 5.09. The summed E-state index contributed by atoms with van der Waals surface area (Å²) in [6, 6.07) is 0. The summed E-state index contributed by atoms with van der Waals surface area (Å²) < 4.78 is 69.1. The van der Waals surface area contributed by atoms with Gasteiger partial charge in [-0.05, 0) is 25.7 Å². The number of rotatable bonds is 91. The standard InChI is InChI=1S/C90H176O17P2/c1-5-9-13-17-21-25-29-33-36-38-40-42-44-46-49-53-57-61-65-69-73-77-90(95)107-86(81-101-88(93)75-71-67-63-59-55-51-48-45-43-41-39-37-34-30-26-22-18-14-10-6-2)83-105-109(98,99)103-79-84(91)78-102-108(96,97)104-82-85(80-100-87(92)74-70-66-62-58-54-50-32-28-24-20-16-12-8-4)106-89(94)76-72-68-64-60-56-52-47-35-31-27-23-19-15-11-7-3/h84-86,91H,5-83H2,1-4H3,(H,96,97)(H,98,99)/t84-,85+,86+/m0/s1. The molecule has 0 aliphatic carbocycles. The van der Waals surface area contributed by atoms with Gasteiger partial charge in [0.1, 0.15) is 19.3 Å². The first-order valence-corrected chi connectivity index (χ1v) is 49.8. The lowest BCUT2D eigenvalue weighted by Crippen LogP contribution is -2.30. The highest BCUT2D eigenvalue weighted by atomic mass is 31.2. The minimum absolute atomic E-state index is 0.109. The Hall–Kier alpha value is -1.94. The Morgan fingerprint density at radius 2 is 0.367 bits per heavy atom. The fourth-order valence-corrected chi connectivity index (χ4v) is 15.8. The van der Waals surface area contributed by atoms with Gasteiger partial charge >= 0.3 is 39.5 Å². The Kier molecular flexibility index (Phi) is 82.5. The Balaban J connectivity index is 5.24. The molecule has 3 N–H and O–H groups in total. The molecule has 0 spiro atoms.